The van der Waals surface area contributed by atoms with Crippen LogP contribution in [0.5, 0.6) is 0 Å². The molecule has 0 saturated heterocycles. The van der Waals surface area contributed by atoms with E-state index < -0.39 is 12.1 Å². The lowest BCUT2D eigenvalue weighted by Gasteiger charge is -2.17. The number of nitrogens with zero attached hydrogens (tertiary/aromatic N) is 1. The van der Waals surface area contributed by atoms with Gasteiger partial charge in [-0.3, -0.25) is 4.79 Å². The maximum atomic E-state index is 12.3. The molecule has 1 heterocycles. The number of aromatic amines is 1. The van der Waals surface area contributed by atoms with Gasteiger partial charge in [-0.05, 0) is 18.6 Å². The number of nitriles is 1. The van der Waals surface area contributed by atoms with E-state index in [4.69, 9.17) is 10.00 Å². The van der Waals surface area contributed by atoms with Crippen molar-refractivity contribution < 1.29 is 14.3 Å². The molecule has 1 atom stereocenters. The highest BCUT2D eigenvalue weighted by atomic mass is 16.5. The Morgan fingerprint density at radius 1 is 1.38 bits per heavy atom. The summed E-state index contributed by atoms with van der Waals surface area (Å²) in [6.45, 7) is 2.16. The maximum Gasteiger partial charge on any atom is 0.407 e. The minimum Gasteiger partial charge on any atom is -0.450 e. The lowest BCUT2D eigenvalue weighted by Crippen LogP contribution is -2.48. The van der Waals surface area contributed by atoms with E-state index in [2.05, 4.69) is 15.6 Å². The number of aromatic nitrogens is 1. The van der Waals surface area contributed by atoms with Crippen molar-refractivity contribution in [1.29, 1.82) is 5.26 Å². The van der Waals surface area contributed by atoms with Gasteiger partial charge in [-0.2, -0.15) is 5.26 Å². The summed E-state index contributed by atoms with van der Waals surface area (Å²) in [5.74, 6) is -0.344. The van der Waals surface area contributed by atoms with Gasteiger partial charge in [0.05, 0.1) is 19.1 Å². The van der Waals surface area contributed by atoms with Crippen molar-refractivity contribution >= 4 is 22.9 Å². The summed E-state index contributed by atoms with van der Waals surface area (Å²) in [5, 5.41) is 14.8. The lowest BCUT2D eigenvalue weighted by atomic mass is 10.0. The number of amides is 2. The fraction of sp³-hybridized carbons (Fsp3) is 0.353. The third kappa shape index (κ3) is 4.49. The SMILES string of the molecule is CCOC(=O)NC(Cc1c[nH]c2ccccc12)C(=O)NCCC#N. The summed E-state index contributed by atoms with van der Waals surface area (Å²) < 4.78 is 4.86. The standard InChI is InChI=1S/C17H20N4O3/c1-2-24-17(23)21-15(16(22)19-9-5-8-18)10-12-11-20-14-7-4-3-6-13(12)14/h3-4,6-7,11,15,20H,2,5,9-10H2,1H3,(H,19,22)(H,21,23). The summed E-state index contributed by atoms with van der Waals surface area (Å²) in [5.41, 5.74) is 1.88. The third-order valence-electron chi connectivity index (χ3n) is 3.52. The second-order valence-corrected chi connectivity index (χ2v) is 5.18. The Morgan fingerprint density at radius 2 is 2.17 bits per heavy atom. The van der Waals surface area contributed by atoms with Gasteiger partial charge in [0, 0.05) is 30.1 Å². The Hall–Kier alpha value is -3.01. The zero-order chi connectivity index (χ0) is 17.4. The number of nitrogens with one attached hydrogen (secondary N) is 3. The van der Waals surface area contributed by atoms with E-state index in [0.717, 1.165) is 16.5 Å². The summed E-state index contributed by atoms with van der Waals surface area (Å²) in [6, 6.07) is 8.92. The minimum absolute atomic E-state index is 0.213. The Kier molecular flexibility index (Phi) is 6.20. The molecule has 0 bridgehead atoms. The number of rotatable bonds is 7. The molecule has 0 fully saturated rings. The quantitative estimate of drug-likeness (QED) is 0.674. The monoisotopic (exact) mass is 328 g/mol. The Bertz CT molecular complexity index is 748. The first-order chi connectivity index (χ1) is 11.7. The Labute approximate surface area is 140 Å². The predicted octanol–water partition coefficient (Wildman–Crippen LogP) is 1.85. The molecule has 3 N–H and O–H groups in total. The number of hydrogen-bond acceptors (Lipinski definition) is 4. The Balaban J connectivity index is 2.13. The molecule has 2 amide bonds. The molecule has 24 heavy (non-hydrogen) atoms. The van der Waals surface area contributed by atoms with Crippen LogP contribution >= 0.6 is 0 Å². The number of carbonyl (C=O) groups is 2. The van der Waals surface area contributed by atoms with Crippen LogP contribution in [-0.4, -0.2) is 36.2 Å². The van der Waals surface area contributed by atoms with Crippen LogP contribution in [-0.2, 0) is 16.0 Å². The lowest BCUT2D eigenvalue weighted by molar-refractivity contribution is -0.123. The van der Waals surface area contributed by atoms with E-state index in [-0.39, 0.29) is 25.5 Å². The molecule has 1 aromatic carbocycles. The van der Waals surface area contributed by atoms with Crippen LogP contribution in [0.15, 0.2) is 30.5 Å². The molecule has 0 aliphatic carbocycles. The predicted molar refractivity (Wildman–Crippen MR) is 89.2 cm³/mol. The number of ether oxygens (including phenoxy) is 1. The molecule has 0 saturated carbocycles. The first kappa shape index (κ1) is 17.3. The molecule has 0 aliphatic heterocycles. The van der Waals surface area contributed by atoms with Gasteiger partial charge < -0.3 is 20.4 Å². The van der Waals surface area contributed by atoms with Gasteiger partial charge >= 0.3 is 6.09 Å². The number of para-hydroxylation sites is 1. The number of benzene rings is 1. The van der Waals surface area contributed by atoms with Crippen LogP contribution in [0, 0.1) is 11.3 Å². The fourth-order valence-corrected chi connectivity index (χ4v) is 2.41. The normalized spacial score (nSPS) is 11.5. The summed E-state index contributed by atoms with van der Waals surface area (Å²) in [7, 11) is 0. The highest BCUT2D eigenvalue weighted by Gasteiger charge is 2.22. The number of hydrogen-bond donors (Lipinski definition) is 3. The van der Waals surface area contributed by atoms with E-state index in [1.165, 1.54) is 0 Å². The molecular weight excluding hydrogens is 308 g/mol. The smallest absolute Gasteiger partial charge is 0.407 e. The number of fused-ring (bicyclic) bond motifs is 1. The van der Waals surface area contributed by atoms with Crippen molar-refractivity contribution in [2.24, 2.45) is 0 Å². The molecular formula is C17H20N4O3. The first-order valence-corrected chi connectivity index (χ1v) is 7.78. The molecule has 126 valence electrons. The number of H-pyrrole nitrogens is 1. The second kappa shape index (κ2) is 8.58. The molecule has 7 nitrogen and oxygen atoms in total. The summed E-state index contributed by atoms with van der Waals surface area (Å²) in [6.07, 6.45) is 1.72. The molecule has 0 aliphatic rings. The molecule has 1 aromatic heterocycles. The first-order valence-electron chi connectivity index (χ1n) is 7.78. The maximum absolute atomic E-state index is 12.3. The molecule has 0 radical (unpaired) electrons. The van der Waals surface area contributed by atoms with Crippen molar-refractivity contribution in [3.63, 3.8) is 0 Å². The van der Waals surface area contributed by atoms with Crippen molar-refractivity contribution in [2.75, 3.05) is 13.2 Å². The van der Waals surface area contributed by atoms with Gasteiger partial charge in [0.15, 0.2) is 0 Å². The molecule has 1 unspecified atom stereocenters. The molecule has 0 spiro atoms. The third-order valence-corrected chi connectivity index (χ3v) is 3.52. The average molecular weight is 328 g/mol. The molecule has 2 rings (SSSR count). The summed E-state index contributed by atoms with van der Waals surface area (Å²) >= 11 is 0. The van der Waals surface area contributed by atoms with Crippen LogP contribution in [0.3, 0.4) is 0 Å². The number of alkyl carbamates (subject to hydrolysis) is 1. The van der Waals surface area contributed by atoms with Gasteiger partial charge in [0.2, 0.25) is 5.91 Å². The van der Waals surface area contributed by atoms with Gasteiger partial charge in [-0.1, -0.05) is 18.2 Å². The van der Waals surface area contributed by atoms with Gasteiger partial charge in [-0.15, -0.1) is 0 Å². The van der Waals surface area contributed by atoms with Crippen molar-refractivity contribution in [1.82, 2.24) is 15.6 Å². The van der Waals surface area contributed by atoms with E-state index in [0.29, 0.717) is 6.42 Å². The van der Waals surface area contributed by atoms with Crippen molar-refractivity contribution in [3.8, 4) is 6.07 Å². The van der Waals surface area contributed by atoms with E-state index in [9.17, 15) is 9.59 Å². The van der Waals surface area contributed by atoms with Crippen LogP contribution in [0.4, 0.5) is 4.79 Å². The van der Waals surface area contributed by atoms with Gasteiger partial charge in [0.25, 0.3) is 0 Å². The molecule has 2 aromatic rings. The zero-order valence-corrected chi connectivity index (χ0v) is 13.5. The van der Waals surface area contributed by atoms with Crippen molar-refractivity contribution in [2.45, 2.75) is 25.8 Å². The van der Waals surface area contributed by atoms with Crippen LogP contribution in [0.1, 0.15) is 18.9 Å². The molecule has 7 heteroatoms. The average Bonchev–Trinajstić information content (AvgIpc) is 2.98. The second-order valence-electron chi connectivity index (χ2n) is 5.18. The van der Waals surface area contributed by atoms with Gasteiger partial charge in [0.1, 0.15) is 6.04 Å². The van der Waals surface area contributed by atoms with E-state index >= 15 is 0 Å². The highest BCUT2D eigenvalue weighted by molar-refractivity contribution is 5.88. The zero-order valence-electron chi connectivity index (χ0n) is 13.5. The topological polar surface area (TPSA) is 107 Å². The largest absolute Gasteiger partial charge is 0.450 e. The van der Waals surface area contributed by atoms with Crippen LogP contribution in [0.2, 0.25) is 0 Å². The van der Waals surface area contributed by atoms with Crippen LogP contribution in [0.25, 0.3) is 10.9 Å². The Morgan fingerprint density at radius 3 is 2.92 bits per heavy atom. The summed E-state index contributed by atoms with van der Waals surface area (Å²) in [4.78, 5) is 27.2. The number of carbonyl (C=O) groups excluding carboxylic acids is 2. The highest BCUT2D eigenvalue weighted by Crippen LogP contribution is 2.19. The van der Waals surface area contributed by atoms with E-state index in [1.807, 2.05) is 36.5 Å². The minimum atomic E-state index is -0.776. The van der Waals surface area contributed by atoms with Crippen molar-refractivity contribution in [3.05, 3.63) is 36.0 Å². The van der Waals surface area contributed by atoms with Gasteiger partial charge in [-0.25, -0.2) is 4.79 Å². The fourth-order valence-electron chi connectivity index (χ4n) is 2.41. The van der Waals surface area contributed by atoms with Crippen LogP contribution < -0.4 is 10.6 Å². The van der Waals surface area contributed by atoms with E-state index in [1.54, 1.807) is 6.92 Å².